The highest BCUT2D eigenvalue weighted by molar-refractivity contribution is 6.21. The van der Waals surface area contributed by atoms with Crippen molar-refractivity contribution in [1.82, 2.24) is 0 Å². The van der Waals surface area contributed by atoms with Gasteiger partial charge in [0.25, 0.3) is 0 Å². The number of fused-ring (bicyclic) bond motifs is 8. The molecule has 0 aliphatic heterocycles. The first kappa shape index (κ1) is 36.6. The molecule has 0 bridgehead atoms. The van der Waals surface area contributed by atoms with Crippen LogP contribution in [0.4, 0.5) is 11.4 Å². The Morgan fingerprint density at radius 1 is 0.516 bits per heavy atom. The summed E-state index contributed by atoms with van der Waals surface area (Å²) in [6.45, 7) is 0. The van der Waals surface area contributed by atoms with E-state index in [-0.39, 0.29) is 11.5 Å². The minimum atomic E-state index is -0.0741. The number of anilines is 2. The zero-order chi connectivity index (χ0) is 41.0. The summed E-state index contributed by atoms with van der Waals surface area (Å²) in [5.74, 6) is 0. The molecule has 1 spiro atoms. The van der Waals surface area contributed by atoms with Crippen molar-refractivity contribution in [2.24, 2.45) is 0 Å². The Balaban J connectivity index is 0.908. The third-order valence-corrected chi connectivity index (χ3v) is 14.1. The number of nitrogens with zero attached hydrogens (tertiary/aromatic N) is 1. The number of allylic oxidation sites excluding steroid dienone is 7. The van der Waals surface area contributed by atoms with Crippen molar-refractivity contribution in [3.8, 4) is 22.3 Å². The van der Waals surface area contributed by atoms with E-state index in [0.29, 0.717) is 0 Å². The van der Waals surface area contributed by atoms with E-state index in [1.54, 1.807) is 5.57 Å². The lowest BCUT2D eigenvalue weighted by atomic mass is 9.73. The van der Waals surface area contributed by atoms with Gasteiger partial charge < -0.3 is 4.90 Å². The van der Waals surface area contributed by atoms with Gasteiger partial charge in [-0.15, -0.1) is 0 Å². The summed E-state index contributed by atoms with van der Waals surface area (Å²) in [6, 6.07) is 65.7. The standard InChI is InChI=1S/C61H47N/c1-4-16-44(17-5-1)59-55-26-14-12-24-51(55)52-25-13-15-27-56(52)60(59)45-33-30-42(31-34-45)28-29-43-32-36-53-54-37-35-50(62(48-20-6-2-7-21-48)49-22-8-3-9-23-49)39-58(54)61(57(53)38-43)40-46-18-10-11-19-47(46)41-61/h1-22,24-31,33-35,37-39,49H,23,32,36,40-41H2/b29-28+. The second kappa shape index (κ2) is 15.0. The predicted octanol–water partition coefficient (Wildman–Crippen LogP) is 15.6. The lowest BCUT2D eigenvalue weighted by Gasteiger charge is -2.34. The number of hydrogen-bond acceptors (Lipinski definition) is 1. The van der Waals surface area contributed by atoms with Gasteiger partial charge in [-0.2, -0.15) is 0 Å². The van der Waals surface area contributed by atoms with Gasteiger partial charge in [0.1, 0.15) is 0 Å². The molecule has 4 aliphatic rings. The summed E-state index contributed by atoms with van der Waals surface area (Å²) in [7, 11) is 0. The van der Waals surface area contributed by atoms with Crippen LogP contribution < -0.4 is 4.90 Å². The van der Waals surface area contributed by atoms with Crippen LogP contribution in [0.3, 0.4) is 0 Å². The summed E-state index contributed by atoms with van der Waals surface area (Å²) in [5, 5.41) is 5.16. The molecule has 62 heavy (non-hydrogen) atoms. The average Bonchev–Trinajstić information content (AvgIpc) is 3.86. The van der Waals surface area contributed by atoms with Crippen molar-refractivity contribution in [3.63, 3.8) is 0 Å². The maximum absolute atomic E-state index is 2.58. The summed E-state index contributed by atoms with van der Waals surface area (Å²) in [5.41, 5.74) is 19.1. The Labute approximate surface area is 365 Å². The Morgan fingerprint density at radius 2 is 1.13 bits per heavy atom. The predicted molar refractivity (Wildman–Crippen MR) is 263 cm³/mol. The van der Waals surface area contributed by atoms with E-state index in [1.807, 2.05) is 0 Å². The van der Waals surface area contributed by atoms with Crippen LogP contribution in [0.15, 0.2) is 224 Å². The van der Waals surface area contributed by atoms with Crippen molar-refractivity contribution >= 4 is 44.6 Å². The van der Waals surface area contributed by atoms with Crippen LogP contribution in [0.2, 0.25) is 0 Å². The fourth-order valence-corrected chi connectivity index (χ4v) is 11.3. The Hall–Kier alpha value is -7.22. The number of hydrogen-bond donors (Lipinski definition) is 0. The van der Waals surface area contributed by atoms with E-state index >= 15 is 0 Å². The quantitative estimate of drug-likeness (QED) is 0.145. The molecule has 1 unspecified atom stereocenters. The summed E-state index contributed by atoms with van der Waals surface area (Å²) in [4.78, 5) is 2.55. The summed E-state index contributed by atoms with van der Waals surface area (Å²) < 4.78 is 0. The second-order valence-corrected chi connectivity index (χ2v) is 17.5. The lowest BCUT2D eigenvalue weighted by Crippen LogP contribution is -2.31. The van der Waals surface area contributed by atoms with Crippen molar-refractivity contribution in [3.05, 3.63) is 251 Å². The van der Waals surface area contributed by atoms with Gasteiger partial charge in [0.2, 0.25) is 0 Å². The SMILES string of the molecule is C1=CCC(N(c2ccccc2)c2ccc3c(c2)C2(Cc4ccccc4C2)C2=C3CCC(/C=C/c3ccc(-c4c(-c5ccccc5)c5ccccc5c5ccccc45)cc3)=C2)C=C1. The van der Waals surface area contributed by atoms with Crippen LogP contribution in [-0.2, 0) is 18.3 Å². The second-order valence-electron chi connectivity index (χ2n) is 17.5. The van der Waals surface area contributed by atoms with Gasteiger partial charge in [0, 0.05) is 16.8 Å². The molecule has 0 saturated heterocycles. The highest BCUT2D eigenvalue weighted by atomic mass is 15.2. The van der Waals surface area contributed by atoms with Gasteiger partial charge >= 0.3 is 0 Å². The fraction of sp³-hybridized carbons (Fsp3) is 0.115. The molecule has 0 fully saturated rings. The molecule has 8 aromatic rings. The average molecular weight is 794 g/mol. The van der Waals surface area contributed by atoms with Gasteiger partial charge in [-0.1, -0.05) is 194 Å². The Kier molecular flexibility index (Phi) is 8.89. The van der Waals surface area contributed by atoms with Gasteiger partial charge in [-0.05, 0) is 145 Å². The smallest absolute Gasteiger partial charge is 0.0559 e. The molecule has 8 aromatic carbocycles. The third kappa shape index (κ3) is 6.06. The molecule has 0 radical (unpaired) electrons. The van der Waals surface area contributed by atoms with Gasteiger partial charge in [-0.25, -0.2) is 0 Å². The van der Waals surface area contributed by atoms with E-state index in [4.69, 9.17) is 0 Å². The van der Waals surface area contributed by atoms with Crippen molar-refractivity contribution in [2.45, 2.75) is 43.6 Å². The molecule has 1 heteroatoms. The first-order valence-electron chi connectivity index (χ1n) is 22.3. The topological polar surface area (TPSA) is 3.24 Å². The van der Waals surface area contributed by atoms with Crippen LogP contribution in [0.25, 0.3) is 55.4 Å². The largest absolute Gasteiger partial charge is 0.334 e. The van der Waals surface area contributed by atoms with Crippen LogP contribution in [-0.4, -0.2) is 6.04 Å². The van der Waals surface area contributed by atoms with Gasteiger partial charge in [-0.3, -0.25) is 0 Å². The summed E-state index contributed by atoms with van der Waals surface area (Å²) >= 11 is 0. The molecular formula is C61H47N. The first-order chi connectivity index (χ1) is 30.7. The molecular weight excluding hydrogens is 747 g/mol. The van der Waals surface area contributed by atoms with Crippen LogP contribution in [0.5, 0.6) is 0 Å². The molecule has 1 atom stereocenters. The molecule has 12 rings (SSSR count). The molecule has 0 saturated carbocycles. The van der Waals surface area contributed by atoms with E-state index in [9.17, 15) is 0 Å². The zero-order valence-electron chi connectivity index (χ0n) is 34.8. The van der Waals surface area contributed by atoms with E-state index in [2.05, 4.69) is 223 Å². The van der Waals surface area contributed by atoms with Gasteiger partial charge in [0.15, 0.2) is 0 Å². The highest BCUT2D eigenvalue weighted by Crippen LogP contribution is 2.58. The maximum atomic E-state index is 2.58. The number of rotatable bonds is 7. The maximum Gasteiger partial charge on any atom is 0.0559 e. The van der Waals surface area contributed by atoms with Crippen LogP contribution >= 0.6 is 0 Å². The van der Waals surface area contributed by atoms with E-state index in [0.717, 1.165) is 32.1 Å². The van der Waals surface area contributed by atoms with E-state index < -0.39 is 0 Å². The molecule has 0 aromatic heterocycles. The highest BCUT2D eigenvalue weighted by Gasteiger charge is 2.48. The Bertz CT molecular complexity index is 3170. The molecule has 1 nitrogen and oxygen atoms in total. The van der Waals surface area contributed by atoms with E-state index in [1.165, 1.54) is 94.1 Å². The van der Waals surface area contributed by atoms with Crippen LogP contribution in [0.1, 0.15) is 47.1 Å². The third-order valence-electron chi connectivity index (χ3n) is 14.1. The summed E-state index contributed by atoms with van der Waals surface area (Å²) in [6.07, 6.45) is 21.5. The Morgan fingerprint density at radius 3 is 1.79 bits per heavy atom. The normalized spacial score (nSPS) is 17.2. The minimum absolute atomic E-state index is 0.0741. The molecule has 0 heterocycles. The zero-order valence-corrected chi connectivity index (χ0v) is 34.8. The van der Waals surface area contributed by atoms with Crippen LogP contribution in [0, 0.1) is 0 Å². The molecule has 296 valence electrons. The first-order valence-corrected chi connectivity index (χ1v) is 22.3. The van der Waals surface area contributed by atoms with Crippen molar-refractivity contribution in [1.29, 1.82) is 0 Å². The van der Waals surface area contributed by atoms with Crippen molar-refractivity contribution < 1.29 is 0 Å². The monoisotopic (exact) mass is 793 g/mol. The van der Waals surface area contributed by atoms with Gasteiger partial charge in [0.05, 0.1) is 6.04 Å². The number of para-hydroxylation sites is 1. The minimum Gasteiger partial charge on any atom is -0.334 e. The molecule has 4 aliphatic carbocycles. The fourth-order valence-electron chi connectivity index (χ4n) is 11.3. The molecule has 0 amide bonds. The molecule has 0 N–H and O–H groups in total. The van der Waals surface area contributed by atoms with Crippen molar-refractivity contribution in [2.75, 3.05) is 4.90 Å². The number of benzene rings is 8. The lowest BCUT2D eigenvalue weighted by molar-refractivity contribution is 0.556.